The molecule has 0 saturated heterocycles. The van der Waals surface area contributed by atoms with Crippen molar-refractivity contribution in [3.63, 3.8) is 0 Å². The Balaban J connectivity index is 3.83. The lowest BCUT2D eigenvalue weighted by Gasteiger charge is -2.11. The van der Waals surface area contributed by atoms with Crippen molar-refractivity contribution >= 4 is 11.9 Å². The molecule has 0 spiro atoms. The summed E-state index contributed by atoms with van der Waals surface area (Å²) in [6.07, 6.45) is 6.34. The fraction of sp³-hybridized carbons (Fsp3) is 0.867. The fourth-order valence-electron chi connectivity index (χ4n) is 1.72. The topological polar surface area (TPSA) is 65.5 Å². The van der Waals surface area contributed by atoms with Crippen LogP contribution in [-0.2, 0) is 4.79 Å². The van der Waals surface area contributed by atoms with Crippen LogP contribution >= 0.6 is 0 Å². The van der Waals surface area contributed by atoms with Gasteiger partial charge < -0.3 is 16.0 Å². The number of aliphatic imine (C=N–C) groups is 1. The summed E-state index contributed by atoms with van der Waals surface area (Å²) in [6, 6.07) is 0. The van der Waals surface area contributed by atoms with Gasteiger partial charge in [-0.1, -0.05) is 33.1 Å². The third-order valence-electron chi connectivity index (χ3n) is 2.84. The number of rotatable bonds is 11. The molecule has 0 aromatic heterocycles. The molecule has 118 valence electrons. The third-order valence-corrected chi connectivity index (χ3v) is 2.84. The normalized spacial score (nSPS) is 11.2. The van der Waals surface area contributed by atoms with Crippen LogP contribution in [0.1, 0.15) is 59.3 Å². The molecule has 5 heteroatoms. The van der Waals surface area contributed by atoms with Crippen LogP contribution < -0.4 is 16.0 Å². The molecule has 0 unspecified atom stereocenters. The minimum atomic E-state index is 0.0955. The number of nitrogens with zero attached hydrogens (tertiary/aromatic N) is 1. The summed E-state index contributed by atoms with van der Waals surface area (Å²) >= 11 is 0. The molecular weight excluding hydrogens is 252 g/mol. The number of unbranched alkanes of at least 4 members (excludes halogenated alkanes) is 3. The molecule has 0 fully saturated rings. The highest BCUT2D eigenvalue weighted by atomic mass is 16.1. The van der Waals surface area contributed by atoms with E-state index in [-0.39, 0.29) is 5.91 Å². The molecule has 0 aliphatic carbocycles. The molecule has 0 atom stereocenters. The van der Waals surface area contributed by atoms with E-state index < -0.39 is 0 Å². The van der Waals surface area contributed by atoms with E-state index >= 15 is 0 Å². The summed E-state index contributed by atoms with van der Waals surface area (Å²) in [7, 11) is 0. The first-order valence-electron chi connectivity index (χ1n) is 8.03. The minimum Gasteiger partial charge on any atom is -0.357 e. The van der Waals surface area contributed by atoms with Crippen LogP contribution in [0, 0.1) is 0 Å². The second-order valence-corrected chi connectivity index (χ2v) is 4.85. The molecule has 0 aliphatic heterocycles. The van der Waals surface area contributed by atoms with Crippen LogP contribution in [-0.4, -0.2) is 38.0 Å². The van der Waals surface area contributed by atoms with Gasteiger partial charge in [-0.2, -0.15) is 0 Å². The monoisotopic (exact) mass is 284 g/mol. The van der Waals surface area contributed by atoms with Crippen molar-refractivity contribution in [3.05, 3.63) is 0 Å². The van der Waals surface area contributed by atoms with Gasteiger partial charge in [0.15, 0.2) is 5.96 Å². The lowest BCUT2D eigenvalue weighted by molar-refractivity contribution is -0.120. The smallest absolute Gasteiger partial charge is 0.221 e. The Bertz CT molecular complexity index is 267. The van der Waals surface area contributed by atoms with Crippen LogP contribution in [0.3, 0.4) is 0 Å². The molecule has 0 radical (unpaired) electrons. The van der Waals surface area contributed by atoms with E-state index in [1.807, 2.05) is 13.8 Å². The number of nitrogens with one attached hydrogen (secondary N) is 3. The average Bonchev–Trinajstić information content (AvgIpc) is 2.44. The maximum Gasteiger partial charge on any atom is 0.221 e. The highest BCUT2D eigenvalue weighted by Crippen LogP contribution is 1.98. The summed E-state index contributed by atoms with van der Waals surface area (Å²) < 4.78 is 0. The zero-order chi connectivity index (χ0) is 15.1. The number of carbonyl (C=O) groups is 1. The molecule has 0 bridgehead atoms. The highest BCUT2D eigenvalue weighted by Gasteiger charge is 2.01. The first kappa shape index (κ1) is 18.7. The van der Waals surface area contributed by atoms with Crippen molar-refractivity contribution in [1.29, 1.82) is 0 Å². The molecule has 5 nitrogen and oxygen atoms in total. The lowest BCUT2D eigenvalue weighted by atomic mass is 10.2. The second-order valence-electron chi connectivity index (χ2n) is 4.85. The van der Waals surface area contributed by atoms with Gasteiger partial charge in [-0.05, 0) is 19.8 Å². The number of guanidine groups is 1. The summed E-state index contributed by atoms with van der Waals surface area (Å²) in [4.78, 5) is 16.0. The molecule has 20 heavy (non-hydrogen) atoms. The predicted octanol–water partition coefficient (Wildman–Crippen LogP) is 2.04. The number of carbonyl (C=O) groups excluding carboxylic acids is 1. The first-order chi connectivity index (χ1) is 9.74. The Morgan fingerprint density at radius 2 is 1.70 bits per heavy atom. The van der Waals surface area contributed by atoms with Gasteiger partial charge in [0.25, 0.3) is 0 Å². The maximum atomic E-state index is 11.5. The molecule has 0 aromatic rings. The van der Waals surface area contributed by atoms with Crippen molar-refractivity contribution in [1.82, 2.24) is 16.0 Å². The van der Waals surface area contributed by atoms with Crippen LogP contribution in [0.2, 0.25) is 0 Å². The standard InChI is InChI=1S/C15H32N4O/c1-4-7-8-9-12-18-15(16-6-3)19-13-10-14(20)17-11-5-2/h4-13H2,1-3H3,(H,17,20)(H2,16,18,19). The number of hydrogen-bond acceptors (Lipinski definition) is 2. The van der Waals surface area contributed by atoms with Gasteiger partial charge in [0.2, 0.25) is 5.91 Å². The van der Waals surface area contributed by atoms with Gasteiger partial charge in [0.05, 0.1) is 0 Å². The van der Waals surface area contributed by atoms with Gasteiger partial charge >= 0.3 is 0 Å². The maximum absolute atomic E-state index is 11.5. The molecule has 0 aliphatic rings. The molecule has 0 aromatic carbocycles. The molecule has 0 saturated carbocycles. The summed E-state index contributed by atoms with van der Waals surface area (Å²) in [6.45, 7) is 9.36. The quantitative estimate of drug-likeness (QED) is 0.309. The molecule has 0 heterocycles. The van der Waals surface area contributed by atoms with Crippen molar-refractivity contribution in [2.24, 2.45) is 4.99 Å². The fourth-order valence-corrected chi connectivity index (χ4v) is 1.72. The van der Waals surface area contributed by atoms with Crippen molar-refractivity contribution in [2.45, 2.75) is 59.3 Å². The summed E-state index contributed by atoms with van der Waals surface area (Å²) in [5.41, 5.74) is 0. The van der Waals surface area contributed by atoms with E-state index in [1.165, 1.54) is 19.3 Å². The Morgan fingerprint density at radius 3 is 2.35 bits per heavy atom. The largest absolute Gasteiger partial charge is 0.357 e. The zero-order valence-electron chi connectivity index (χ0n) is 13.4. The first-order valence-corrected chi connectivity index (χ1v) is 8.03. The summed E-state index contributed by atoms with van der Waals surface area (Å²) in [5.74, 6) is 0.908. The second kappa shape index (κ2) is 14.2. The van der Waals surface area contributed by atoms with Gasteiger partial charge in [0.1, 0.15) is 0 Å². The Kier molecular flexibility index (Phi) is 13.3. The van der Waals surface area contributed by atoms with Crippen molar-refractivity contribution in [2.75, 3.05) is 26.2 Å². The average molecular weight is 284 g/mol. The van der Waals surface area contributed by atoms with Gasteiger partial charge in [-0.25, -0.2) is 0 Å². The molecule has 0 rings (SSSR count). The predicted molar refractivity (Wildman–Crippen MR) is 86.0 cm³/mol. The van der Waals surface area contributed by atoms with Gasteiger partial charge in [-0.15, -0.1) is 0 Å². The van der Waals surface area contributed by atoms with Gasteiger partial charge in [-0.3, -0.25) is 9.79 Å². The minimum absolute atomic E-state index is 0.0955. The summed E-state index contributed by atoms with van der Waals surface area (Å²) in [5, 5.41) is 9.26. The number of hydrogen-bond donors (Lipinski definition) is 3. The van der Waals surface area contributed by atoms with E-state index in [1.54, 1.807) is 0 Å². The van der Waals surface area contributed by atoms with Crippen LogP contribution in [0.4, 0.5) is 0 Å². The Labute approximate surface area is 124 Å². The Morgan fingerprint density at radius 1 is 0.900 bits per heavy atom. The van der Waals surface area contributed by atoms with E-state index in [9.17, 15) is 4.79 Å². The van der Waals surface area contributed by atoms with Crippen molar-refractivity contribution < 1.29 is 4.79 Å². The van der Waals surface area contributed by atoms with Crippen LogP contribution in [0.5, 0.6) is 0 Å². The highest BCUT2D eigenvalue weighted by molar-refractivity contribution is 5.81. The molecule has 1 amide bonds. The van der Waals surface area contributed by atoms with Crippen molar-refractivity contribution in [3.8, 4) is 0 Å². The van der Waals surface area contributed by atoms with E-state index in [4.69, 9.17) is 0 Å². The Hall–Kier alpha value is -1.26. The zero-order valence-corrected chi connectivity index (χ0v) is 13.4. The van der Waals surface area contributed by atoms with Crippen LogP contribution in [0.25, 0.3) is 0 Å². The van der Waals surface area contributed by atoms with Gasteiger partial charge in [0, 0.05) is 32.6 Å². The van der Waals surface area contributed by atoms with E-state index in [0.717, 1.165) is 38.4 Å². The van der Waals surface area contributed by atoms with Crippen LogP contribution in [0.15, 0.2) is 4.99 Å². The van der Waals surface area contributed by atoms with E-state index in [2.05, 4.69) is 27.9 Å². The lowest BCUT2D eigenvalue weighted by Crippen LogP contribution is -2.39. The SMILES string of the molecule is CCCCCCN=C(NCC)NCCC(=O)NCCC. The molecular formula is C15H32N4O. The van der Waals surface area contributed by atoms with E-state index in [0.29, 0.717) is 13.0 Å². The molecule has 3 N–H and O–H groups in total. The number of amides is 1. The third kappa shape index (κ3) is 11.8.